The summed E-state index contributed by atoms with van der Waals surface area (Å²) in [5, 5.41) is 1.28. The quantitative estimate of drug-likeness (QED) is 0.750. The molecule has 136 valence electrons. The Bertz CT molecular complexity index is 878. The van der Waals surface area contributed by atoms with Crippen LogP contribution in [0.15, 0.2) is 54.7 Å². The maximum atomic E-state index is 13.8. The molecular weight excluding hydrogens is 325 g/mol. The molecule has 4 heteroatoms. The van der Waals surface area contributed by atoms with Gasteiger partial charge in [-0.3, -0.25) is 0 Å². The molecule has 0 saturated carbocycles. The van der Waals surface area contributed by atoms with Crippen molar-refractivity contribution in [3.63, 3.8) is 0 Å². The lowest BCUT2D eigenvalue weighted by Gasteiger charge is -2.33. The van der Waals surface area contributed by atoms with E-state index in [1.807, 2.05) is 12.1 Å². The van der Waals surface area contributed by atoms with Crippen molar-refractivity contribution in [2.24, 2.45) is 5.73 Å². The topological polar surface area (TPSA) is 34.2 Å². The second-order valence-electron chi connectivity index (χ2n) is 7.23. The fourth-order valence-electron chi connectivity index (χ4n) is 4.04. The zero-order valence-corrected chi connectivity index (χ0v) is 15.1. The van der Waals surface area contributed by atoms with Crippen LogP contribution in [0.2, 0.25) is 0 Å². The Morgan fingerprint density at radius 3 is 2.62 bits per heavy atom. The lowest BCUT2D eigenvalue weighted by Crippen LogP contribution is -2.35. The summed E-state index contributed by atoms with van der Waals surface area (Å²) in [5.41, 5.74) is 9.10. The first-order valence-corrected chi connectivity index (χ1v) is 9.50. The van der Waals surface area contributed by atoms with Gasteiger partial charge in [-0.05, 0) is 54.0 Å². The standard InChI is InChI=1S/C22H26FN3/c23-21-4-2-1-3-18(21)7-11-25-12-9-20(10-13-25)26-14-8-19-6-5-17(16-24)15-22(19)26/h1-6,8,14-15,20H,7,9-13,16,24H2. The van der Waals surface area contributed by atoms with Crippen molar-refractivity contribution >= 4 is 10.9 Å². The number of fused-ring (bicyclic) bond motifs is 1. The summed E-state index contributed by atoms with van der Waals surface area (Å²) in [6.45, 7) is 3.64. The lowest BCUT2D eigenvalue weighted by atomic mass is 10.0. The van der Waals surface area contributed by atoms with E-state index in [1.165, 1.54) is 16.5 Å². The third-order valence-corrected chi connectivity index (χ3v) is 5.63. The number of aromatic nitrogens is 1. The van der Waals surface area contributed by atoms with Crippen LogP contribution in [-0.2, 0) is 13.0 Å². The molecule has 3 nitrogen and oxygen atoms in total. The number of rotatable bonds is 5. The van der Waals surface area contributed by atoms with Crippen LogP contribution in [0.1, 0.15) is 30.0 Å². The number of hydrogen-bond donors (Lipinski definition) is 1. The fraction of sp³-hybridized carbons (Fsp3) is 0.364. The van der Waals surface area contributed by atoms with Crippen molar-refractivity contribution in [2.45, 2.75) is 31.8 Å². The molecule has 2 heterocycles. The maximum absolute atomic E-state index is 13.8. The van der Waals surface area contributed by atoms with Crippen LogP contribution in [0.4, 0.5) is 4.39 Å². The Morgan fingerprint density at radius 1 is 1.04 bits per heavy atom. The summed E-state index contributed by atoms with van der Waals surface area (Å²) in [6.07, 6.45) is 5.26. The maximum Gasteiger partial charge on any atom is 0.126 e. The van der Waals surface area contributed by atoms with E-state index in [9.17, 15) is 4.39 Å². The molecule has 1 fully saturated rings. The predicted octanol–water partition coefficient (Wildman–Crippen LogP) is 4.12. The SMILES string of the molecule is NCc1ccc2ccn(C3CCN(CCc4ccccc4F)CC3)c2c1. The van der Waals surface area contributed by atoms with Gasteiger partial charge in [0.25, 0.3) is 0 Å². The Kier molecular flexibility index (Phi) is 5.05. The van der Waals surface area contributed by atoms with Gasteiger partial charge in [0, 0.05) is 43.9 Å². The second kappa shape index (κ2) is 7.60. The van der Waals surface area contributed by atoms with Crippen LogP contribution < -0.4 is 5.73 Å². The minimum Gasteiger partial charge on any atom is -0.344 e. The second-order valence-corrected chi connectivity index (χ2v) is 7.23. The molecule has 3 aromatic rings. The molecule has 26 heavy (non-hydrogen) atoms. The van der Waals surface area contributed by atoms with E-state index < -0.39 is 0 Å². The summed E-state index contributed by atoms with van der Waals surface area (Å²) >= 11 is 0. The average Bonchev–Trinajstić information content (AvgIpc) is 3.11. The first-order valence-electron chi connectivity index (χ1n) is 9.50. The summed E-state index contributed by atoms with van der Waals surface area (Å²) in [6, 6.07) is 16.3. The Hall–Kier alpha value is -2.17. The van der Waals surface area contributed by atoms with E-state index >= 15 is 0 Å². The Labute approximate surface area is 154 Å². The van der Waals surface area contributed by atoms with Gasteiger partial charge in [-0.1, -0.05) is 30.3 Å². The highest BCUT2D eigenvalue weighted by Crippen LogP contribution is 2.28. The van der Waals surface area contributed by atoms with E-state index in [4.69, 9.17) is 5.73 Å². The van der Waals surface area contributed by atoms with Gasteiger partial charge in [-0.25, -0.2) is 4.39 Å². The highest BCUT2D eigenvalue weighted by atomic mass is 19.1. The lowest BCUT2D eigenvalue weighted by molar-refractivity contribution is 0.190. The highest BCUT2D eigenvalue weighted by molar-refractivity contribution is 5.81. The first-order chi connectivity index (χ1) is 12.7. The molecular formula is C22H26FN3. The Balaban J connectivity index is 1.38. The smallest absolute Gasteiger partial charge is 0.126 e. The average molecular weight is 351 g/mol. The molecule has 1 aromatic heterocycles. The third kappa shape index (κ3) is 3.53. The molecule has 0 spiro atoms. The predicted molar refractivity (Wildman–Crippen MR) is 105 cm³/mol. The summed E-state index contributed by atoms with van der Waals surface area (Å²) < 4.78 is 16.2. The van der Waals surface area contributed by atoms with Crippen molar-refractivity contribution < 1.29 is 4.39 Å². The van der Waals surface area contributed by atoms with Gasteiger partial charge in [0.05, 0.1) is 0 Å². The van der Waals surface area contributed by atoms with Gasteiger partial charge < -0.3 is 15.2 Å². The van der Waals surface area contributed by atoms with E-state index in [0.717, 1.165) is 44.5 Å². The normalized spacial score (nSPS) is 16.4. The number of benzene rings is 2. The third-order valence-electron chi connectivity index (χ3n) is 5.63. The van der Waals surface area contributed by atoms with Gasteiger partial charge in [0.2, 0.25) is 0 Å². The summed E-state index contributed by atoms with van der Waals surface area (Å²) in [7, 11) is 0. The highest BCUT2D eigenvalue weighted by Gasteiger charge is 2.21. The minimum absolute atomic E-state index is 0.0862. The molecule has 1 aliphatic rings. The number of nitrogens with two attached hydrogens (primary N) is 1. The van der Waals surface area contributed by atoms with Crippen LogP contribution in [0.25, 0.3) is 10.9 Å². The van der Waals surface area contributed by atoms with Crippen molar-refractivity contribution in [2.75, 3.05) is 19.6 Å². The monoisotopic (exact) mass is 351 g/mol. The van der Waals surface area contributed by atoms with Crippen molar-refractivity contribution in [1.82, 2.24) is 9.47 Å². The summed E-state index contributed by atoms with van der Waals surface area (Å²) in [5.74, 6) is -0.0862. The van der Waals surface area contributed by atoms with Crippen molar-refractivity contribution in [3.8, 4) is 0 Å². The molecule has 2 N–H and O–H groups in total. The molecule has 4 rings (SSSR count). The number of halogens is 1. The molecule has 0 amide bonds. The fourth-order valence-corrected chi connectivity index (χ4v) is 4.04. The van der Waals surface area contributed by atoms with Gasteiger partial charge in [0.1, 0.15) is 5.82 Å². The van der Waals surface area contributed by atoms with E-state index in [-0.39, 0.29) is 5.82 Å². The number of piperidine rings is 1. The molecule has 1 saturated heterocycles. The molecule has 0 atom stereocenters. The zero-order valence-electron chi connectivity index (χ0n) is 15.1. The molecule has 0 bridgehead atoms. The van der Waals surface area contributed by atoms with Crippen LogP contribution in [0.3, 0.4) is 0 Å². The van der Waals surface area contributed by atoms with Crippen LogP contribution >= 0.6 is 0 Å². The van der Waals surface area contributed by atoms with Gasteiger partial charge in [0.15, 0.2) is 0 Å². The van der Waals surface area contributed by atoms with Gasteiger partial charge in [-0.15, -0.1) is 0 Å². The van der Waals surface area contributed by atoms with E-state index in [0.29, 0.717) is 12.6 Å². The number of hydrogen-bond acceptors (Lipinski definition) is 2. The molecule has 1 aliphatic heterocycles. The molecule has 0 aliphatic carbocycles. The minimum atomic E-state index is -0.0862. The van der Waals surface area contributed by atoms with Crippen molar-refractivity contribution in [1.29, 1.82) is 0 Å². The molecule has 0 unspecified atom stereocenters. The van der Waals surface area contributed by atoms with Gasteiger partial charge in [-0.2, -0.15) is 0 Å². The number of nitrogens with zero attached hydrogens (tertiary/aromatic N) is 2. The van der Waals surface area contributed by atoms with Crippen LogP contribution in [-0.4, -0.2) is 29.1 Å². The largest absolute Gasteiger partial charge is 0.344 e. The molecule has 2 aromatic carbocycles. The van der Waals surface area contributed by atoms with Crippen LogP contribution in [0, 0.1) is 5.82 Å². The van der Waals surface area contributed by atoms with Gasteiger partial charge >= 0.3 is 0 Å². The zero-order chi connectivity index (χ0) is 17.9. The van der Waals surface area contributed by atoms with Crippen molar-refractivity contribution in [3.05, 3.63) is 71.7 Å². The number of likely N-dealkylation sites (tertiary alicyclic amines) is 1. The van der Waals surface area contributed by atoms with E-state index in [2.05, 4.69) is 39.9 Å². The van der Waals surface area contributed by atoms with E-state index in [1.54, 1.807) is 12.1 Å². The summed E-state index contributed by atoms with van der Waals surface area (Å²) in [4.78, 5) is 2.46. The Morgan fingerprint density at radius 2 is 1.85 bits per heavy atom. The van der Waals surface area contributed by atoms with Crippen LogP contribution in [0.5, 0.6) is 0 Å². The first kappa shape index (κ1) is 17.3. The molecule has 0 radical (unpaired) electrons.